The average molecular weight is 538 g/mol. The second kappa shape index (κ2) is 10.4. The summed E-state index contributed by atoms with van der Waals surface area (Å²) in [6, 6.07) is -0.369. The minimum Gasteiger partial charge on any atom is -0.434 e. The fourth-order valence-electron chi connectivity index (χ4n) is 4.70. The van der Waals surface area contributed by atoms with Crippen LogP contribution in [-0.4, -0.2) is 68.7 Å². The molecule has 0 spiro atoms. The molecule has 12 heteroatoms. The van der Waals surface area contributed by atoms with Gasteiger partial charge in [-0.15, -0.1) is 23.1 Å². The van der Waals surface area contributed by atoms with Gasteiger partial charge in [-0.25, -0.2) is 14.6 Å². The standard InChI is InChI=1S/C24H31N3O7S2/c1-11(2)7-8-32-24(31)34-14(5)33-23(30)19-16(12(3)18-17(13(4)28)21(29)27(18)19)15-9-26-10-25-20(35-6)22(26)36-15/h9-14,17-18,28H,7-8H2,1-6H3/t12-,13+,14?,17+,18+/m0/s1. The highest BCUT2D eigenvalue weighted by molar-refractivity contribution is 7.98. The van der Waals surface area contributed by atoms with Crippen LogP contribution in [0.4, 0.5) is 4.79 Å². The van der Waals surface area contributed by atoms with E-state index in [1.165, 1.54) is 34.9 Å². The number of imidazole rings is 1. The number of hydrogen-bond acceptors (Lipinski definition) is 10. The molecule has 0 radical (unpaired) electrons. The van der Waals surface area contributed by atoms with Crippen molar-refractivity contribution in [3.8, 4) is 0 Å². The number of aliphatic hydroxyl groups excluding tert-OH is 1. The molecule has 1 fully saturated rings. The van der Waals surface area contributed by atoms with Gasteiger partial charge in [0.25, 0.3) is 0 Å². The molecule has 2 aliphatic heterocycles. The number of fused-ring (bicyclic) bond motifs is 2. The van der Waals surface area contributed by atoms with E-state index >= 15 is 0 Å². The van der Waals surface area contributed by atoms with Crippen molar-refractivity contribution in [2.45, 2.75) is 64.5 Å². The number of esters is 1. The van der Waals surface area contributed by atoms with Crippen molar-refractivity contribution < 1.29 is 33.7 Å². The van der Waals surface area contributed by atoms with E-state index in [1.807, 2.05) is 37.6 Å². The van der Waals surface area contributed by atoms with Crippen molar-refractivity contribution in [1.82, 2.24) is 14.3 Å². The van der Waals surface area contributed by atoms with Gasteiger partial charge in [-0.2, -0.15) is 0 Å². The molecule has 10 nitrogen and oxygen atoms in total. The predicted molar refractivity (Wildman–Crippen MR) is 134 cm³/mol. The molecule has 2 aliphatic rings. The number of thioether (sulfide) groups is 1. The van der Waals surface area contributed by atoms with Crippen LogP contribution in [0.15, 0.2) is 23.2 Å². The zero-order chi connectivity index (χ0) is 26.3. The maximum absolute atomic E-state index is 13.4. The van der Waals surface area contributed by atoms with Crippen LogP contribution in [0.5, 0.6) is 0 Å². The zero-order valence-electron chi connectivity index (χ0n) is 21.1. The summed E-state index contributed by atoms with van der Waals surface area (Å²) in [5.41, 5.74) is 0.773. The molecule has 0 aliphatic carbocycles. The molecule has 0 bridgehead atoms. The Balaban J connectivity index is 1.60. The van der Waals surface area contributed by atoms with E-state index in [2.05, 4.69) is 4.98 Å². The lowest BCUT2D eigenvalue weighted by Crippen LogP contribution is -2.63. The molecule has 5 atom stereocenters. The summed E-state index contributed by atoms with van der Waals surface area (Å²) in [6.07, 6.45) is 3.21. The number of β-lactam (4-membered cyclic amide) rings is 1. The highest BCUT2D eigenvalue weighted by Gasteiger charge is 2.60. The lowest BCUT2D eigenvalue weighted by atomic mass is 9.77. The largest absolute Gasteiger partial charge is 0.511 e. The van der Waals surface area contributed by atoms with E-state index in [-0.39, 0.29) is 30.2 Å². The Morgan fingerprint density at radius 3 is 2.61 bits per heavy atom. The highest BCUT2D eigenvalue weighted by Crippen LogP contribution is 2.52. The maximum atomic E-state index is 13.4. The van der Waals surface area contributed by atoms with Gasteiger partial charge in [-0.05, 0) is 25.5 Å². The Kier molecular flexibility index (Phi) is 7.67. The molecular formula is C24H31N3O7S2. The molecule has 1 amide bonds. The van der Waals surface area contributed by atoms with Gasteiger partial charge in [0.2, 0.25) is 12.2 Å². The van der Waals surface area contributed by atoms with Gasteiger partial charge in [0.1, 0.15) is 21.9 Å². The zero-order valence-corrected chi connectivity index (χ0v) is 22.7. The molecule has 0 saturated carbocycles. The molecular weight excluding hydrogens is 506 g/mol. The summed E-state index contributed by atoms with van der Waals surface area (Å²) >= 11 is 2.99. The summed E-state index contributed by atoms with van der Waals surface area (Å²) < 4.78 is 17.4. The number of amides is 1. The fraction of sp³-hybridized carbons (Fsp3) is 0.583. The Bertz CT molecular complexity index is 1200. The normalized spacial score (nSPS) is 23.1. The fourth-order valence-corrected chi connectivity index (χ4v) is 6.62. The van der Waals surface area contributed by atoms with Crippen LogP contribution in [0.3, 0.4) is 0 Å². The maximum Gasteiger partial charge on any atom is 0.511 e. The van der Waals surface area contributed by atoms with Gasteiger partial charge < -0.3 is 24.2 Å². The number of aromatic nitrogens is 2. The van der Waals surface area contributed by atoms with Crippen molar-refractivity contribution in [2.75, 3.05) is 12.9 Å². The smallest absolute Gasteiger partial charge is 0.434 e. The monoisotopic (exact) mass is 537 g/mol. The third-order valence-electron chi connectivity index (χ3n) is 6.45. The van der Waals surface area contributed by atoms with Crippen molar-refractivity contribution in [3.05, 3.63) is 23.1 Å². The first-order valence-corrected chi connectivity index (χ1v) is 13.9. The summed E-state index contributed by atoms with van der Waals surface area (Å²) in [7, 11) is 0. The van der Waals surface area contributed by atoms with E-state index in [9.17, 15) is 19.5 Å². The molecule has 196 valence electrons. The van der Waals surface area contributed by atoms with E-state index in [0.717, 1.165) is 14.7 Å². The molecule has 1 N–H and O–H groups in total. The number of ether oxygens (including phenoxy) is 3. The van der Waals surface area contributed by atoms with Crippen LogP contribution in [0.1, 0.15) is 45.9 Å². The average Bonchev–Trinajstić information content (AvgIpc) is 3.42. The number of carbonyl (C=O) groups is 3. The van der Waals surface area contributed by atoms with E-state index in [4.69, 9.17) is 14.2 Å². The quantitative estimate of drug-likeness (QED) is 0.221. The number of nitrogens with zero attached hydrogens (tertiary/aromatic N) is 3. The lowest BCUT2D eigenvalue weighted by molar-refractivity contribution is -0.173. The third-order valence-corrected chi connectivity index (χ3v) is 8.41. The Labute approximate surface area is 217 Å². The molecule has 36 heavy (non-hydrogen) atoms. The van der Waals surface area contributed by atoms with Crippen molar-refractivity contribution >= 4 is 51.5 Å². The molecule has 2 aromatic heterocycles. The first-order valence-electron chi connectivity index (χ1n) is 11.9. The molecule has 4 rings (SSSR count). The Hall–Kier alpha value is -2.57. The SMILES string of the molecule is CSc1ncn2cc(C3=C(C(=O)OC(C)OC(=O)OCCC(C)C)N4C(=O)[C@H]([C@@H](C)O)[C@H]4[C@H]3C)sc12. The van der Waals surface area contributed by atoms with Crippen molar-refractivity contribution in [3.63, 3.8) is 0 Å². The summed E-state index contributed by atoms with van der Waals surface area (Å²) in [6.45, 7) is 9.15. The second-order valence-electron chi connectivity index (χ2n) is 9.45. The number of hydrogen-bond donors (Lipinski definition) is 1. The van der Waals surface area contributed by atoms with Gasteiger partial charge in [0, 0.05) is 24.6 Å². The van der Waals surface area contributed by atoms with Crippen molar-refractivity contribution in [2.24, 2.45) is 17.8 Å². The van der Waals surface area contributed by atoms with Crippen LogP contribution < -0.4 is 0 Å². The van der Waals surface area contributed by atoms with E-state index in [0.29, 0.717) is 17.9 Å². The van der Waals surface area contributed by atoms with Gasteiger partial charge >= 0.3 is 12.1 Å². The molecule has 1 unspecified atom stereocenters. The van der Waals surface area contributed by atoms with Crippen LogP contribution in [0, 0.1) is 17.8 Å². The van der Waals surface area contributed by atoms with E-state index < -0.39 is 30.4 Å². The second-order valence-corrected chi connectivity index (χ2v) is 11.3. The predicted octanol–water partition coefficient (Wildman–Crippen LogP) is 3.77. The van der Waals surface area contributed by atoms with Crippen molar-refractivity contribution in [1.29, 1.82) is 0 Å². The van der Waals surface area contributed by atoms with Gasteiger partial charge in [-0.1, -0.05) is 20.8 Å². The third kappa shape index (κ3) is 4.73. The minimum absolute atomic E-state index is 0.112. The highest BCUT2D eigenvalue weighted by atomic mass is 32.2. The Morgan fingerprint density at radius 1 is 1.25 bits per heavy atom. The molecule has 1 saturated heterocycles. The van der Waals surface area contributed by atoms with Crippen LogP contribution in [0.25, 0.3) is 10.4 Å². The van der Waals surface area contributed by atoms with Crippen LogP contribution in [-0.2, 0) is 23.8 Å². The van der Waals surface area contributed by atoms with Crippen LogP contribution >= 0.6 is 23.1 Å². The number of rotatable bonds is 9. The van der Waals surface area contributed by atoms with Gasteiger partial charge in [0.15, 0.2) is 0 Å². The van der Waals surface area contributed by atoms with Crippen LogP contribution in [0.2, 0.25) is 0 Å². The molecule has 4 heterocycles. The van der Waals surface area contributed by atoms with Gasteiger partial charge in [0.05, 0.1) is 29.5 Å². The number of thiazole rings is 1. The molecule has 0 aromatic carbocycles. The van der Waals surface area contributed by atoms with Gasteiger partial charge in [-0.3, -0.25) is 9.20 Å². The summed E-state index contributed by atoms with van der Waals surface area (Å²) in [5, 5.41) is 11.1. The number of carbonyl (C=O) groups excluding carboxylic acids is 3. The first kappa shape index (κ1) is 26.5. The minimum atomic E-state index is -1.22. The summed E-state index contributed by atoms with van der Waals surface area (Å²) in [5.74, 6) is -1.58. The van der Waals surface area contributed by atoms with E-state index in [1.54, 1.807) is 13.3 Å². The lowest BCUT2D eigenvalue weighted by Gasteiger charge is -2.46. The Morgan fingerprint density at radius 2 is 1.97 bits per heavy atom. The molecule has 2 aromatic rings. The summed E-state index contributed by atoms with van der Waals surface area (Å²) in [4.78, 5) is 45.8. The topological polar surface area (TPSA) is 120 Å². The first-order chi connectivity index (χ1) is 17.0. The number of aliphatic hydroxyl groups is 1.